The van der Waals surface area contributed by atoms with Crippen LogP contribution in [0.15, 0.2) is 18.3 Å². The summed E-state index contributed by atoms with van der Waals surface area (Å²) in [6.07, 6.45) is 4.05. The van der Waals surface area contributed by atoms with Crippen molar-refractivity contribution in [2.45, 2.75) is 12.8 Å². The van der Waals surface area contributed by atoms with E-state index in [0.29, 0.717) is 30.2 Å². The highest BCUT2D eigenvalue weighted by Crippen LogP contribution is 2.41. The van der Waals surface area contributed by atoms with Crippen molar-refractivity contribution in [1.82, 2.24) is 9.88 Å². The van der Waals surface area contributed by atoms with Crippen molar-refractivity contribution in [1.29, 1.82) is 0 Å². The average Bonchev–Trinajstić information content (AvgIpc) is 2.67. The number of carboxylic acid groups (broad SMARTS) is 1. The number of hydrogen-bond donors (Lipinski definition) is 1. The molecule has 20 heavy (non-hydrogen) atoms. The number of fused-ring (bicyclic) bond motifs is 2. The van der Waals surface area contributed by atoms with Crippen molar-refractivity contribution in [2.24, 2.45) is 17.8 Å². The van der Waals surface area contributed by atoms with Crippen LogP contribution in [0.1, 0.15) is 23.2 Å². The van der Waals surface area contributed by atoms with Crippen molar-refractivity contribution in [2.75, 3.05) is 26.7 Å². The Balaban J connectivity index is 1.63. The summed E-state index contributed by atoms with van der Waals surface area (Å²) in [7, 11) is 2.18. The normalized spacial score (nSPS) is 29.4. The molecular formula is C15H20N2O3. The van der Waals surface area contributed by atoms with Crippen LogP contribution in [0.2, 0.25) is 0 Å². The summed E-state index contributed by atoms with van der Waals surface area (Å²) in [5.74, 6) is 1.48. The Morgan fingerprint density at radius 1 is 1.45 bits per heavy atom. The van der Waals surface area contributed by atoms with Crippen LogP contribution in [0.25, 0.3) is 0 Å². The SMILES string of the molecule is CN1CC2CCC(C1)C2COc1cc(C(=O)O)ccn1. The molecule has 1 aliphatic heterocycles. The molecule has 2 bridgehead atoms. The summed E-state index contributed by atoms with van der Waals surface area (Å²) >= 11 is 0. The first kappa shape index (κ1) is 13.4. The molecule has 0 amide bonds. The van der Waals surface area contributed by atoms with E-state index in [9.17, 15) is 4.79 Å². The third-order valence-electron chi connectivity index (χ3n) is 4.62. The molecule has 0 aromatic carbocycles. The van der Waals surface area contributed by atoms with Gasteiger partial charge in [-0.1, -0.05) is 0 Å². The van der Waals surface area contributed by atoms with Crippen LogP contribution < -0.4 is 4.74 Å². The summed E-state index contributed by atoms with van der Waals surface area (Å²) in [5.41, 5.74) is 0.223. The molecule has 1 aromatic rings. The monoisotopic (exact) mass is 276 g/mol. The van der Waals surface area contributed by atoms with Gasteiger partial charge in [-0.3, -0.25) is 0 Å². The third kappa shape index (κ3) is 2.63. The van der Waals surface area contributed by atoms with Crippen molar-refractivity contribution in [3.05, 3.63) is 23.9 Å². The first-order chi connectivity index (χ1) is 9.63. The van der Waals surface area contributed by atoms with Gasteiger partial charge in [0.25, 0.3) is 0 Å². The first-order valence-corrected chi connectivity index (χ1v) is 7.14. The lowest BCUT2D eigenvalue weighted by Crippen LogP contribution is -2.41. The molecule has 1 saturated heterocycles. The smallest absolute Gasteiger partial charge is 0.335 e. The predicted molar refractivity (Wildman–Crippen MR) is 73.9 cm³/mol. The summed E-state index contributed by atoms with van der Waals surface area (Å²) in [6, 6.07) is 2.98. The largest absolute Gasteiger partial charge is 0.478 e. The Labute approximate surface area is 118 Å². The number of aromatic carboxylic acids is 1. The van der Waals surface area contributed by atoms with E-state index in [-0.39, 0.29) is 5.56 Å². The topological polar surface area (TPSA) is 62.7 Å². The molecule has 1 N–H and O–H groups in total. The van der Waals surface area contributed by atoms with Crippen LogP contribution >= 0.6 is 0 Å². The second-order valence-corrected chi connectivity index (χ2v) is 5.98. The molecule has 2 fully saturated rings. The van der Waals surface area contributed by atoms with Gasteiger partial charge in [0.1, 0.15) is 0 Å². The standard InChI is InChI=1S/C15H20N2O3/c1-17-7-11-2-3-12(8-17)13(11)9-20-14-6-10(15(18)19)4-5-16-14/h4-6,11-13H,2-3,7-9H2,1H3,(H,18,19). The zero-order valence-corrected chi connectivity index (χ0v) is 11.7. The van der Waals surface area contributed by atoms with Crippen molar-refractivity contribution < 1.29 is 14.6 Å². The summed E-state index contributed by atoms with van der Waals surface area (Å²) in [5, 5.41) is 8.96. The van der Waals surface area contributed by atoms with Gasteiger partial charge in [-0.15, -0.1) is 0 Å². The molecule has 1 saturated carbocycles. The minimum Gasteiger partial charge on any atom is -0.478 e. The van der Waals surface area contributed by atoms with Crippen LogP contribution in [-0.2, 0) is 0 Å². The van der Waals surface area contributed by atoms with Gasteiger partial charge in [0, 0.05) is 31.3 Å². The highest BCUT2D eigenvalue weighted by molar-refractivity contribution is 5.87. The van der Waals surface area contributed by atoms with E-state index < -0.39 is 5.97 Å². The third-order valence-corrected chi connectivity index (χ3v) is 4.62. The highest BCUT2D eigenvalue weighted by Gasteiger charge is 2.41. The van der Waals surface area contributed by atoms with E-state index in [0.717, 1.165) is 13.1 Å². The average molecular weight is 276 g/mol. The molecule has 3 rings (SSSR count). The molecular weight excluding hydrogens is 256 g/mol. The molecule has 5 nitrogen and oxygen atoms in total. The van der Waals surface area contributed by atoms with Gasteiger partial charge in [-0.25, -0.2) is 9.78 Å². The van der Waals surface area contributed by atoms with Gasteiger partial charge in [0.05, 0.1) is 12.2 Å². The fourth-order valence-corrected chi connectivity index (χ4v) is 3.64. The molecule has 5 heteroatoms. The fraction of sp³-hybridized carbons (Fsp3) is 0.600. The van der Waals surface area contributed by atoms with Gasteiger partial charge in [-0.2, -0.15) is 0 Å². The number of piperidine rings is 1. The molecule has 0 radical (unpaired) electrons. The summed E-state index contributed by atoms with van der Waals surface area (Å²) in [6.45, 7) is 2.94. The van der Waals surface area contributed by atoms with Gasteiger partial charge in [0.15, 0.2) is 0 Å². The number of pyridine rings is 1. The Kier molecular flexibility index (Phi) is 3.61. The number of hydrogen-bond acceptors (Lipinski definition) is 4. The molecule has 2 heterocycles. The van der Waals surface area contributed by atoms with Crippen molar-refractivity contribution in [3.8, 4) is 5.88 Å². The molecule has 2 unspecified atom stereocenters. The van der Waals surface area contributed by atoms with Crippen LogP contribution in [0.5, 0.6) is 5.88 Å². The fourth-order valence-electron chi connectivity index (χ4n) is 3.64. The van der Waals surface area contributed by atoms with Crippen LogP contribution in [0.4, 0.5) is 0 Å². The lowest BCUT2D eigenvalue weighted by Gasteiger charge is -2.35. The van der Waals surface area contributed by atoms with Crippen molar-refractivity contribution in [3.63, 3.8) is 0 Å². The number of aromatic nitrogens is 1. The number of ether oxygens (including phenoxy) is 1. The first-order valence-electron chi connectivity index (χ1n) is 7.14. The van der Waals surface area contributed by atoms with Crippen molar-refractivity contribution >= 4 is 5.97 Å². The Morgan fingerprint density at radius 2 is 2.15 bits per heavy atom. The number of carboxylic acids is 1. The van der Waals surface area contributed by atoms with E-state index in [1.807, 2.05) is 0 Å². The molecule has 1 aliphatic carbocycles. The van der Waals surface area contributed by atoms with E-state index in [4.69, 9.17) is 9.84 Å². The molecule has 108 valence electrons. The Hall–Kier alpha value is -1.62. The minimum absolute atomic E-state index is 0.223. The zero-order chi connectivity index (χ0) is 14.1. The van der Waals surface area contributed by atoms with E-state index in [1.54, 1.807) is 0 Å². The lowest BCUT2D eigenvalue weighted by molar-refractivity contribution is 0.0694. The zero-order valence-electron chi connectivity index (χ0n) is 11.7. The van der Waals surface area contributed by atoms with Gasteiger partial charge in [0.2, 0.25) is 5.88 Å². The van der Waals surface area contributed by atoms with E-state index >= 15 is 0 Å². The molecule has 0 spiro atoms. The highest BCUT2D eigenvalue weighted by atomic mass is 16.5. The second kappa shape index (κ2) is 5.40. The molecule has 1 aromatic heterocycles. The van der Waals surface area contributed by atoms with E-state index in [2.05, 4.69) is 16.9 Å². The lowest BCUT2D eigenvalue weighted by atomic mass is 9.86. The molecule has 2 aliphatic rings. The Bertz CT molecular complexity index is 492. The van der Waals surface area contributed by atoms with Gasteiger partial charge >= 0.3 is 5.97 Å². The van der Waals surface area contributed by atoms with Crippen LogP contribution in [0.3, 0.4) is 0 Å². The maximum absolute atomic E-state index is 10.9. The number of likely N-dealkylation sites (tertiary alicyclic amines) is 1. The Morgan fingerprint density at radius 3 is 2.80 bits per heavy atom. The number of rotatable bonds is 4. The summed E-state index contributed by atoms with van der Waals surface area (Å²) in [4.78, 5) is 17.4. The maximum atomic E-state index is 10.9. The quantitative estimate of drug-likeness (QED) is 0.907. The summed E-state index contributed by atoms with van der Waals surface area (Å²) < 4.78 is 5.76. The molecule has 2 atom stereocenters. The second-order valence-electron chi connectivity index (χ2n) is 5.98. The number of carbonyl (C=O) groups is 1. The maximum Gasteiger partial charge on any atom is 0.335 e. The van der Waals surface area contributed by atoms with Gasteiger partial charge in [-0.05, 0) is 37.8 Å². The van der Waals surface area contributed by atoms with E-state index in [1.165, 1.54) is 31.2 Å². The number of nitrogens with zero attached hydrogens (tertiary/aromatic N) is 2. The van der Waals surface area contributed by atoms with Crippen LogP contribution in [-0.4, -0.2) is 47.7 Å². The minimum atomic E-state index is -0.948. The van der Waals surface area contributed by atoms with Gasteiger partial charge < -0.3 is 14.7 Å². The van der Waals surface area contributed by atoms with Crippen LogP contribution in [0, 0.1) is 17.8 Å². The predicted octanol–water partition coefficient (Wildman–Crippen LogP) is 1.75.